The van der Waals surface area contributed by atoms with Crippen LogP contribution in [0.2, 0.25) is 0 Å². The van der Waals surface area contributed by atoms with Gasteiger partial charge in [-0.3, -0.25) is 14.5 Å². The van der Waals surface area contributed by atoms with E-state index in [2.05, 4.69) is 22.3 Å². The van der Waals surface area contributed by atoms with Crippen LogP contribution in [-0.4, -0.2) is 53.8 Å². The van der Waals surface area contributed by atoms with E-state index in [1.807, 2.05) is 39.0 Å². The molecule has 1 aromatic rings. The molecule has 1 fully saturated rings. The quantitative estimate of drug-likeness (QED) is 0.900. The number of amides is 2. The van der Waals surface area contributed by atoms with Gasteiger partial charge in [0.05, 0.1) is 13.1 Å². The number of carbonyl (C=O) groups excluding carboxylic acids is 2. The number of likely N-dealkylation sites (N-methyl/N-ethyl adjacent to an activating group) is 1. The van der Waals surface area contributed by atoms with E-state index in [1.165, 1.54) is 10.5 Å². The molecule has 0 aliphatic carbocycles. The van der Waals surface area contributed by atoms with Gasteiger partial charge in [-0.1, -0.05) is 30.3 Å². The van der Waals surface area contributed by atoms with Crippen LogP contribution in [0.25, 0.3) is 0 Å². The average Bonchev–Trinajstić information content (AvgIpc) is 2.94. The zero-order valence-electron chi connectivity index (χ0n) is 15.2. The Morgan fingerprint density at radius 2 is 1.92 bits per heavy atom. The van der Waals surface area contributed by atoms with Crippen molar-refractivity contribution in [3.05, 3.63) is 35.9 Å². The summed E-state index contributed by atoms with van der Waals surface area (Å²) in [6.07, 6.45) is 2.17. The van der Waals surface area contributed by atoms with Crippen molar-refractivity contribution in [2.24, 2.45) is 0 Å². The molecule has 5 nitrogen and oxygen atoms in total. The highest BCUT2D eigenvalue weighted by Crippen LogP contribution is 2.31. The summed E-state index contributed by atoms with van der Waals surface area (Å²) in [6.45, 7) is 7.18. The van der Waals surface area contributed by atoms with Crippen molar-refractivity contribution in [1.82, 2.24) is 15.1 Å². The maximum atomic E-state index is 12.5. The minimum atomic E-state index is -0.283. The van der Waals surface area contributed by atoms with E-state index < -0.39 is 0 Å². The molecule has 1 aromatic carbocycles. The molecule has 5 heteroatoms. The Hall–Kier alpha value is -1.88. The number of rotatable bonds is 5. The molecule has 0 saturated carbocycles. The van der Waals surface area contributed by atoms with Gasteiger partial charge < -0.3 is 10.2 Å². The summed E-state index contributed by atoms with van der Waals surface area (Å²) in [6, 6.07) is 10.6. The van der Waals surface area contributed by atoms with Crippen LogP contribution in [0.5, 0.6) is 0 Å². The van der Waals surface area contributed by atoms with Gasteiger partial charge in [-0.05, 0) is 45.7 Å². The predicted octanol–water partition coefficient (Wildman–Crippen LogP) is 2.20. The first-order chi connectivity index (χ1) is 11.3. The van der Waals surface area contributed by atoms with Crippen LogP contribution in [0, 0.1) is 0 Å². The molecule has 2 amide bonds. The van der Waals surface area contributed by atoms with Gasteiger partial charge in [0.2, 0.25) is 11.8 Å². The highest BCUT2D eigenvalue weighted by atomic mass is 16.2. The fourth-order valence-electron chi connectivity index (χ4n) is 3.12. The van der Waals surface area contributed by atoms with Gasteiger partial charge in [0, 0.05) is 18.6 Å². The second-order valence-corrected chi connectivity index (χ2v) is 7.59. The van der Waals surface area contributed by atoms with Crippen molar-refractivity contribution in [2.45, 2.75) is 45.2 Å². The molecule has 1 aliphatic heterocycles. The number of hydrogen-bond acceptors (Lipinski definition) is 3. The molecule has 0 aromatic heterocycles. The SMILES string of the molecule is CN(CC(=O)NC(C)(C)C)C(=O)CN1CCCC1c1ccccc1. The van der Waals surface area contributed by atoms with Crippen molar-refractivity contribution >= 4 is 11.8 Å². The summed E-state index contributed by atoms with van der Waals surface area (Å²) in [7, 11) is 1.69. The smallest absolute Gasteiger partial charge is 0.240 e. The lowest BCUT2D eigenvalue weighted by Crippen LogP contribution is -2.47. The van der Waals surface area contributed by atoms with E-state index in [4.69, 9.17) is 0 Å². The van der Waals surface area contributed by atoms with Crippen LogP contribution in [0.15, 0.2) is 30.3 Å². The van der Waals surface area contributed by atoms with Gasteiger partial charge >= 0.3 is 0 Å². The highest BCUT2D eigenvalue weighted by Gasteiger charge is 2.28. The molecule has 0 spiro atoms. The molecule has 1 N–H and O–H groups in total. The van der Waals surface area contributed by atoms with Crippen molar-refractivity contribution in [3.8, 4) is 0 Å². The first kappa shape index (κ1) is 18.5. The number of nitrogens with zero attached hydrogens (tertiary/aromatic N) is 2. The fraction of sp³-hybridized carbons (Fsp3) is 0.579. The molecule has 0 bridgehead atoms. The third-order valence-corrected chi connectivity index (χ3v) is 4.21. The molecule has 24 heavy (non-hydrogen) atoms. The van der Waals surface area contributed by atoms with Crippen LogP contribution in [0.4, 0.5) is 0 Å². The molecule has 0 radical (unpaired) electrons. The molecule has 1 aliphatic rings. The number of likely N-dealkylation sites (tertiary alicyclic amines) is 1. The van der Waals surface area contributed by atoms with Crippen LogP contribution < -0.4 is 5.32 Å². The molecule has 1 unspecified atom stereocenters. The van der Waals surface area contributed by atoms with Crippen LogP contribution in [0.3, 0.4) is 0 Å². The summed E-state index contributed by atoms with van der Waals surface area (Å²) >= 11 is 0. The summed E-state index contributed by atoms with van der Waals surface area (Å²) in [5, 5.41) is 2.89. The topological polar surface area (TPSA) is 52.7 Å². The maximum absolute atomic E-state index is 12.5. The standard InChI is InChI=1S/C19H29N3O2/c1-19(2,3)20-17(23)13-21(4)18(24)14-22-12-8-11-16(22)15-9-6-5-7-10-15/h5-7,9-10,16H,8,11-14H2,1-4H3,(H,20,23). The minimum Gasteiger partial charge on any atom is -0.350 e. The van der Waals surface area contributed by atoms with Crippen LogP contribution in [-0.2, 0) is 9.59 Å². The maximum Gasteiger partial charge on any atom is 0.240 e. The first-order valence-electron chi connectivity index (χ1n) is 8.60. The van der Waals surface area contributed by atoms with Crippen molar-refractivity contribution in [1.29, 1.82) is 0 Å². The van der Waals surface area contributed by atoms with E-state index in [0.29, 0.717) is 12.6 Å². The van der Waals surface area contributed by atoms with Crippen molar-refractivity contribution < 1.29 is 9.59 Å². The normalized spacial score (nSPS) is 18.4. The Morgan fingerprint density at radius 1 is 1.25 bits per heavy atom. The Bertz CT molecular complexity index is 566. The lowest BCUT2D eigenvalue weighted by Gasteiger charge is -2.27. The largest absolute Gasteiger partial charge is 0.350 e. The van der Waals surface area contributed by atoms with Crippen molar-refractivity contribution in [3.63, 3.8) is 0 Å². The van der Waals surface area contributed by atoms with E-state index in [0.717, 1.165) is 19.4 Å². The van der Waals surface area contributed by atoms with Gasteiger partial charge in [-0.2, -0.15) is 0 Å². The Kier molecular flexibility index (Phi) is 5.99. The summed E-state index contributed by atoms with van der Waals surface area (Å²) in [4.78, 5) is 28.2. The monoisotopic (exact) mass is 331 g/mol. The highest BCUT2D eigenvalue weighted by molar-refractivity contribution is 5.85. The summed E-state index contributed by atoms with van der Waals surface area (Å²) in [5.41, 5.74) is 0.977. The van der Waals surface area contributed by atoms with E-state index >= 15 is 0 Å². The second kappa shape index (κ2) is 7.79. The number of carbonyl (C=O) groups is 2. The second-order valence-electron chi connectivity index (χ2n) is 7.59. The van der Waals surface area contributed by atoms with E-state index in [1.54, 1.807) is 7.05 Å². The Labute approximate surface area is 145 Å². The molecule has 1 atom stereocenters. The van der Waals surface area contributed by atoms with Gasteiger partial charge in [-0.15, -0.1) is 0 Å². The third kappa shape index (κ3) is 5.34. The minimum absolute atomic E-state index is 0.0121. The number of benzene rings is 1. The molecule has 132 valence electrons. The molecule has 1 saturated heterocycles. The lowest BCUT2D eigenvalue weighted by molar-refractivity contribution is -0.136. The first-order valence-corrected chi connectivity index (χ1v) is 8.60. The van der Waals surface area contributed by atoms with Gasteiger partial charge in [0.25, 0.3) is 0 Å². The zero-order chi connectivity index (χ0) is 17.7. The van der Waals surface area contributed by atoms with Crippen LogP contribution in [0.1, 0.15) is 45.2 Å². The Balaban J connectivity index is 1.90. The van der Waals surface area contributed by atoms with E-state index in [-0.39, 0.29) is 23.9 Å². The van der Waals surface area contributed by atoms with E-state index in [9.17, 15) is 9.59 Å². The van der Waals surface area contributed by atoms with Crippen molar-refractivity contribution in [2.75, 3.05) is 26.7 Å². The zero-order valence-corrected chi connectivity index (χ0v) is 15.2. The third-order valence-electron chi connectivity index (χ3n) is 4.21. The summed E-state index contributed by atoms with van der Waals surface area (Å²) in [5.74, 6) is -0.138. The van der Waals surface area contributed by atoms with Gasteiger partial charge in [0.15, 0.2) is 0 Å². The average molecular weight is 331 g/mol. The Morgan fingerprint density at radius 3 is 2.54 bits per heavy atom. The number of hydrogen-bond donors (Lipinski definition) is 1. The summed E-state index contributed by atoms with van der Waals surface area (Å²) < 4.78 is 0. The fourth-order valence-corrected chi connectivity index (χ4v) is 3.12. The van der Waals surface area contributed by atoms with Crippen LogP contribution >= 0.6 is 0 Å². The molecular formula is C19H29N3O2. The predicted molar refractivity (Wildman–Crippen MR) is 95.5 cm³/mol. The molecule has 2 rings (SSSR count). The lowest BCUT2D eigenvalue weighted by atomic mass is 10.0. The molecular weight excluding hydrogens is 302 g/mol. The molecule has 1 heterocycles. The number of nitrogens with one attached hydrogen (secondary N) is 1. The van der Waals surface area contributed by atoms with Gasteiger partial charge in [-0.25, -0.2) is 0 Å². The van der Waals surface area contributed by atoms with Gasteiger partial charge in [0.1, 0.15) is 0 Å².